The Bertz CT molecular complexity index is 1360. The highest BCUT2D eigenvalue weighted by Crippen LogP contribution is 2.38. The van der Waals surface area contributed by atoms with E-state index < -0.39 is 116 Å². The maximum Gasteiger partial charge on any atom is 0.311 e. The Morgan fingerprint density at radius 3 is 0.810 bits per heavy atom. The summed E-state index contributed by atoms with van der Waals surface area (Å²) >= 11 is 2.57. The van der Waals surface area contributed by atoms with Gasteiger partial charge in [0.25, 0.3) is 0 Å². The molecule has 58 heavy (non-hydrogen) atoms. The Morgan fingerprint density at radius 2 is 0.586 bits per heavy atom. The van der Waals surface area contributed by atoms with E-state index in [9.17, 15) is 28.8 Å². The predicted octanol–water partition coefficient (Wildman–Crippen LogP) is 6.91. The van der Waals surface area contributed by atoms with E-state index in [4.69, 9.17) is 37.9 Å². The fourth-order valence-electron chi connectivity index (χ4n) is 4.67. The van der Waals surface area contributed by atoms with Gasteiger partial charge >= 0.3 is 35.8 Å². The van der Waals surface area contributed by atoms with Crippen molar-refractivity contribution in [2.75, 3.05) is 24.7 Å². The lowest BCUT2D eigenvalue weighted by Crippen LogP contribution is -2.58. The van der Waals surface area contributed by atoms with E-state index in [2.05, 4.69) is 0 Å². The lowest BCUT2D eigenvalue weighted by Gasteiger charge is -2.43. The molecule has 8 atom stereocenters. The Kier molecular flexibility index (Phi) is 17.3. The van der Waals surface area contributed by atoms with E-state index >= 15 is 0 Å². The molecule has 16 heteroatoms. The average molecular weight is 863 g/mol. The maximum absolute atomic E-state index is 13.4. The molecule has 4 unspecified atom stereocenters. The molecular formula is C42H70O14S2. The van der Waals surface area contributed by atoms with Crippen LogP contribution in [0.1, 0.15) is 125 Å². The summed E-state index contributed by atoms with van der Waals surface area (Å²) < 4.78 is 48.2. The van der Waals surface area contributed by atoms with Gasteiger partial charge in [0.1, 0.15) is 10.9 Å². The number of ether oxygens (including phenoxy) is 8. The van der Waals surface area contributed by atoms with E-state index in [-0.39, 0.29) is 13.2 Å². The molecule has 14 nitrogen and oxygen atoms in total. The number of hydrogen-bond acceptors (Lipinski definition) is 16. The van der Waals surface area contributed by atoms with E-state index in [1.165, 1.54) is 23.5 Å². The molecular weight excluding hydrogens is 793 g/mol. The van der Waals surface area contributed by atoms with Gasteiger partial charge in [0, 0.05) is 11.5 Å². The summed E-state index contributed by atoms with van der Waals surface area (Å²) in [6.07, 6.45) is -6.82. The summed E-state index contributed by atoms with van der Waals surface area (Å²) in [5, 5.41) is 0. The molecule has 0 spiro atoms. The van der Waals surface area contributed by atoms with Crippen LogP contribution in [0.15, 0.2) is 0 Å². The van der Waals surface area contributed by atoms with Crippen LogP contribution in [0, 0.1) is 32.5 Å². The predicted molar refractivity (Wildman–Crippen MR) is 220 cm³/mol. The molecule has 0 saturated carbocycles. The van der Waals surface area contributed by atoms with Gasteiger partial charge in [-0.2, -0.15) is 0 Å². The first-order valence-electron chi connectivity index (χ1n) is 19.8. The summed E-state index contributed by atoms with van der Waals surface area (Å²) in [5.74, 6) is -2.67. The van der Waals surface area contributed by atoms with Crippen molar-refractivity contribution < 1.29 is 66.7 Å². The third kappa shape index (κ3) is 15.2. The van der Waals surface area contributed by atoms with Gasteiger partial charge in [0.05, 0.1) is 45.7 Å². The van der Waals surface area contributed by atoms with Gasteiger partial charge in [0.15, 0.2) is 36.6 Å². The van der Waals surface area contributed by atoms with E-state index in [0.29, 0.717) is 11.5 Å². The number of thioether (sulfide) groups is 2. The number of esters is 6. The first kappa shape index (κ1) is 51.6. The van der Waals surface area contributed by atoms with E-state index in [1.54, 1.807) is 125 Å². The zero-order chi connectivity index (χ0) is 45.0. The molecule has 0 N–H and O–H groups in total. The molecule has 2 aliphatic rings. The minimum Gasteiger partial charge on any atom is -0.455 e. The first-order chi connectivity index (χ1) is 26.0. The first-order valence-corrected chi connectivity index (χ1v) is 21.9. The van der Waals surface area contributed by atoms with Crippen LogP contribution in [0.3, 0.4) is 0 Å². The molecule has 2 saturated heterocycles. The highest BCUT2D eigenvalue weighted by Gasteiger charge is 2.52. The number of hydrogen-bond donors (Lipinski definition) is 0. The standard InChI is InChI=1S/C42H70O14S2/c1-37(2,3)31(43)51-23-21-49-29(27(55-35(47)41(13,14)15)25(23)53-33(45)39(7,8)9)57-19-20-58-30-28(56-36(48)42(16,17)18)26(54-34(46)40(10,11)12)24(22-50-30)52-32(44)38(4,5)6/h23-30H,19-22H2,1-18H3/t23-,24-,25?,26?,27?,28?,29-,30-/m1/s1. The minimum atomic E-state index is -1.18. The summed E-state index contributed by atoms with van der Waals surface area (Å²) in [4.78, 5) is 79.5. The van der Waals surface area contributed by atoms with Crippen LogP contribution in [-0.2, 0) is 66.7 Å². The largest absolute Gasteiger partial charge is 0.455 e. The van der Waals surface area contributed by atoms with Crippen molar-refractivity contribution in [2.24, 2.45) is 32.5 Å². The fourth-order valence-corrected chi connectivity index (χ4v) is 7.05. The highest BCUT2D eigenvalue weighted by molar-refractivity contribution is 8.03. The smallest absolute Gasteiger partial charge is 0.311 e. The van der Waals surface area contributed by atoms with Crippen molar-refractivity contribution in [3.63, 3.8) is 0 Å². The van der Waals surface area contributed by atoms with Crippen LogP contribution in [0.5, 0.6) is 0 Å². The van der Waals surface area contributed by atoms with Gasteiger partial charge in [-0.3, -0.25) is 28.8 Å². The molecule has 2 rings (SSSR count). The zero-order valence-electron chi connectivity index (χ0n) is 38.0. The third-order valence-electron chi connectivity index (χ3n) is 8.58. The molecule has 0 aromatic heterocycles. The second kappa shape index (κ2) is 19.4. The third-order valence-corrected chi connectivity index (χ3v) is 11.2. The zero-order valence-corrected chi connectivity index (χ0v) is 39.6. The van der Waals surface area contributed by atoms with Gasteiger partial charge in [-0.15, -0.1) is 23.5 Å². The lowest BCUT2D eigenvalue weighted by atomic mass is 9.95. The Labute approximate surface area is 354 Å². The summed E-state index contributed by atoms with van der Waals surface area (Å²) in [6.45, 7) is 30.2. The van der Waals surface area contributed by atoms with Crippen LogP contribution in [0.2, 0.25) is 0 Å². The van der Waals surface area contributed by atoms with Gasteiger partial charge < -0.3 is 37.9 Å². The van der Waals surface area contributed by atoms with Crippen molar-refractivity contribution in [1.82, 2.24) is 0 Å². The number of rotatable bonds is 11. The summed E-state index contributed by atoms with van der Waals surface area (Å²) in [7, 11) is 0. The Morgan fingerprint density at radius 1 is 0.379 bits per heavy atom. The summed E-state index contributed by atoms with van der Waals surface area (Å²) in [5.41, 5.74) is -7.16. The van der Waals surface area contributed by atoms with Gasteiger partial charge in [-0.25, -0.2) is 0 Å². The molecule has 0 aromatic rings. The SMILES string of the molecule is CC(C)(C)C(=O)OC1C(OC(=O)C(C)(C)C)[C@H](OC(=O)C(C)(C)C)CO[C@@H]1SCCS[C@H]1OC[C@@H](OC(=O)C(C)(C)C)C(OC(=O)C(C)(C)C)C1OC(=O)C(C)(C)C. The van der Waals surface area contributed by atoms with Gasteiger partial charge in [-0.1, -0.05) is 0 Å². The molecule has 0 amide bonds. The van der Waals surface area contributed by atoms with Crippen LogP contribution in [0.4, 0.5) is 0 Å². The summed E-state index contributed by atoms with van der Waals surface area (Å²) in [6, 6.07) is 0. The van der Waals surface area contributed by atoms with Crippen molar-refractivity contribution in [2.45, 2.75) is 172 Å². The van der Waals surface area contributed by atoms with Crippen LogP contribution < -0.4 is 0 Å². The Hall–Kier alpha value is -2.56. The topological polar surface area (TPSA) is 176 Å². The van der Waals surface area contributed by atoms with Crippen molar-refractivity contribution in [3.05, 3.63) is 0 Å². The van der Waals surface area contributed by atoms with Crippen LogP contribution in [0.25, 0.3) is 0 Å². The van der Waals surface area contributed by atoms with Gasteiger partial charge in [0.2, 0.25) is 0 Å². The number of carbonyl (C=O) groups excluding carboxylic acids is 6. The second-order valence-corrected chi connectivity index (χ2v) is 23.4. The molecule has 0 radical (unpaired) electrons. The van der Waals surface area contributed by atoms with Gasteiger partial charge in [-0.05, 0) is 125 Å². The molecule has 0 bridgehead atoms. The van der Waals surface area contributed by atoms with Crippen molar-refractivity contribution >= 4 is 59.3 Å². The molecule has 334 valence electrons. The normalized spacial score (nSPS) is 26.2. The van der Waals surface area contributed by atoms with Crippen molar-refractivity contribution in [1.29, 1.82) is 0 Å². The molecule has 0 aliphatic carbocycles. The highest BCUT2D eigenvalue weighted by atomic mass is 32.2. The maximum atomic E-state index is 13.4. The lowest BCUT2D eigenvalue weighted by molar-refractivity contribution is -0.224. The molecule has 2 fully saturated rings. The molecule has 2 heterocycles. The van der Waals surface area contributed by atoms with Crippen LogP contribution in [-0.4, -0.2) is 108 Å². The van der Waals surface area contributed by atoms with Crippen LogP contribution >= 0.6 is 23.5 Å². The fraction of sp³-hybridized carbons (Fsp3) is 0.857. The van der Waals surface area contributed by atoms with E-state index in [0.717, 1.165) is 0 Å². The van der Waals surface area contributed by atoms with Crippen molar-refractivity contribution in [3.8, 4) is 0 Å². The second-order valence-electron chi connectivity index (χ2n) is 21.0. The average Bonchev–Trinajstić information content (AvgIpc) is 3.04. The minimum absolute atomic E-state index is 0.135. The monoisotopic (exact) mass is 862 g/mol. The molecule has 2 aliphatic heterocycles. The quantitative estimate of drug-likeness (QED) is 0.119. The Balaban J connectivity index is 2.45. The number of carbonyl (C=O) groups is 6. The van der Waals surface area contributed by atoms with E-state index in [1.807, 2.05) is 0 Å². The molecule has 0 aromatic carbocycles.